The molecule has 1 rings (SSSR count). The highest BCUT2D eigenvalue weighted by Crippen LogP contribution is 2.12. The van der Waals surface area contributed by atoms with E-state index < -0.39 is 18.0 Å². The lowest BCUT2D eigenvalue weighted by Gasteiger charge is -2.37. The van der Waals surface area contributed by atoms with Gasteiger partial charge in [-0.2, -0.15) is 0 Å². The average molecular weight is 301 g/mol. The number of nitrogens with one attached hydrogen (secondary N) is 1. The number of ether oxygens (including phenoxy) is 1. The number of aliphatic carboxylic acids is 1. The number of hydrogen-bond donors (Lipinski definition) is 2. The van der Waals surface area contributed by atoms with E-state index in [0.29, 0.717) is 13.2 Å². The van der Waals surface area contributed by atoms with E-state index in [1.54, 1.807) is 0 Å². The highest BCUT2D eigenvalue weighted by atomic mass is 16.5. The molecule has 3 amide bonds. The SMILES string of the molecule is CNC(=O)C1COCCN1C(=O)N(CC(=O)O)CC(C)C. The molecule has 0 saturated carbocycles. The number of morpholine rings is 1. The average Bonchev–Trinajstić information content (AvgIpc) is 2.44. The van der Waals surface area contributed by atoms with Gasteiger partial charge in [0.05, 0.1) is 13.2 Å². The lowest BCUT2D eigenvalue weighted by atomic mass is 10.2. The van der Waals surface area contributed by atoms with E-state index in [1.807, 2.05) is 13.8 Å². The van der Waals surface area contributed by atoms with Gasteiger partial charge in [-0.15, -0.1) is 0 Å². The Morgan fingerprint density at radius 3 is 2.62 bits per heavy atom. The van der Waals surface area contributed by atoms with Crippen molar-refractivity contribution in [2.45, 2.75) is 19.9 Å². The highest BCUT2D eigenvalue weighted by molar-refractivity contribution is 5.88. The van der Waals surface area contributed by atoms with Crippen molar-refractivity contribution in [2.24, 2.45) is 5.92 Å². The highest BCUT2D eigenvalue weighted by Gasteiger charge is 2.35. The quantitative estimate of drug-likeness (QED) is 0.719. The second-order valence-electron chi connectivity index (χ2n) is 5.35. The van der Waals surface area contributed by atoms with Crippen molar-refractivity contribution >= 4 is 17.9 Å². The second kappa shape index (κ2) is 7.82. The Labute approximate surface area is 124 Å². The van der Waals surface area contributed by atoms with Gasteiger partial charge < -0.3 is 25.0 Å². The Morgan fingerprint density at radius 1 is 1.43 bits per heavy atom. The van der Waals surface area contributed by atoms with Gasteiger partial charge in [0.2, 0.25) is 5.91 Å². The van der Waals surface area contributed by atoms with Gasteiger partial charge in [-0.05, 0) is 5.92 Å². The molecule has 21 heavy (non-hydrogen) atoms. The fraction of sp³-hybridized carbons (Fsp3) is 0.769. The van der Waals surface area contributed by atoms with Crippen LogP contribution < -0.4 is 5.32 Å². The molecular weight excluding hydrogens is 278 g/mol. The van der Waals surface area contributed by atoms with Crippen LogP contribution in [0.1, 0.15) is 13.8 Å². The first-order valence-electron chi connectivity index (χ1n) is 6.93. The van der Waals surface area contributed by atoms with Crippen molar-refractivity contribution in [3.05, 3.63) is 0 Å². The molecule has 1 fully saturated rings. The standard InChI is InChI=1S/C13H23N3O5/c1-9(2)6-15(7-11(17)18)13(20)16-4-5-21-8-10(16)12(19)14-3/h9-10H,4-8H2,1-3H3,(H,14,19)(H,17,18). The van der Waals surface area contributed by atoms with Crippen molar-refractivity contribution in [2.75, 3.05) is 39.9 Å². The van der Waals surface area contributed by atoms with Crippen molar-refractivity contribution < 1.29 is 24.2 Å². The summed E-state index contributed by atoms with van der Waals surface area (Å²) in [7, 11) is 1.49. The van der Waals surface area contributed by atoms with Crippen LogP contribution in [0.3, 0.4) is 0 Å². The summed E-state index contributed by atoms with van der Waals surface area (Å²) in [5.74, 6) is -1.26. The summed E-state index contributed by atoms with van der Waals surface area (Å²) in [6, 6.07) is -1.16. The van der Waals surface area contributed by atoms with Crippen LogP contribution in [-0.2, 0) is 14.3 Å². The Morgan fingerprint density at radius 2 is 2.10 bits per heavy atom. The molecule has 2 N–H and O–H groups in total. The lowest BCUT2D eigenvalue weighted by molar-refractivity contribution is -0.138. The molecule has 0 aromatic rings. The van der Waals surface area contributed by atoms with Gasteiger partial charge in [-0.25, -0.2) is 4.79 Å². The number of rotatable bonds is 5. The van der Waals surface area contributed by atoms with Gasteiger partial charge in [0.15, 0.2) is 0 Å². The number of carboxylic acid groups (broad SMARTS) is 1. The van der Waals surface area contributed by atoms with Crippen molar-refractivity contribution in [3.8, 4) is 0 Å². The van der Waals surface area contributed by atoms with Crippen LogP contribution in [0, 0.1) is 5.92 Å². The molecule has 0 spiro atoms. The molecule has 1 heterocycles. The van der Waals surface area contributed by atoms with Crippen LogP contribution in [0.15, 0.2) is 0 Å². The molecule has 1 aliphatic heterocycles. The zero-order chi connectivity index (χ0) is 16.0. The zero-order valence-corrected chi connectivity index (χ0v) is 12.7. The molecule has 8 heteroatoms. The molecule has 1 saturated heterocycles. The fourth-order valence-electron chi connectivity index (χ4n) is 2.21. The van der Waals surface area contributed by atoms with Gasteiger partial charge in [0, 0.05) is 20.1 Å². The molecule has 1 aliphatic rings. The van der Waals surface area contributed by atoms with E-state index in [9.17, 15) is 14.4 Å². The third-order valence-electron chi connectivity index (χ3n) is 3.11. The summed E-state index contributed by atoms with van der Waals surface area (Å²) in [5, 5.41) is 11.4. The Kier molecular flexibility index (Phi) is 6.41. The number of urea groups is 1. The molecule has 0 aromatic carbocycles. The maximum absolute atomic E-state index is 12.6. The number of amides is 3. The summed E-state index contributed by atoms with van der Waals surface area (Å²) in [4.78, 5) is 38.0. The maximum atomic E-state index is 12.6. The van der Waals surface area contributed by atoms with Crippen molar-refractivity contribution in [1.82, 2.24) is 15.1 Å². The smallest absolute Gasteiger partial charge is 0.323 e. The van der Waals surface area contributed by atoms with E-state index >= 15 is 0 Å². The van der Waals surface area contributed by atoms with E-state index in [1.165, 1.54) is 16.8 Å². The minimum atomic E-state index is -1.08. The van der Waals surface area contributed by atoms with Crippen molar-refractivity contribution in [1.29, 1.82) is 0 Å². The first-order chi connectivity index (χ1) is 9.86. The van der Waals surface area contributed by atoms with Crippen LogP contribution in [-0.4, -0.2) is 78.8 Å². The molecule has 1 unspecified atom stereocenters. The number of carboxylic acids is 1. The Bertz CT molecular complexity index is 399. The molecule has 8 nitrogen and oxygen atoms in total. The largest absolute Gasteiger partial charge is 0.480 e. The Hall–Kier alpha value is -1.83. The molecule has 0 aromatic heterocycles. The zero-order valence-electron chi connectivity index (χ0n) is 12.7. The van der Waals surface area contributed by atoms with Crippen molar-refractivity contribution in [3.63, 3.8) is 0 Å². The summed E-state index contributed by atoms with van der Waals surface area (Å²) in [6.07, 6.45) is 0. The summed E-state index contributed by atoms with van der Waals surface area (Å²) in [5.41, 5.74) is 0. The lowest BCUT2D eigenvalue weighted by Crippen LogP contribution is -2.59. The summed E-state index contributed by atoms with van der Waals surface area (Å²) in [6.45, 7) is 4.47. The monoisotopic (exact) mass is 301 g/mol. The minimum Gasteiger partial charge on any atom is -0.480 e. The van der Waals surface area contributed by atoms with E-state index in [-0.39, 0.29) is 31.5 Å². The second-order valence-corrected chi connectivity index (χ2v) is 5.35. The Balaban J connectivity index is 2.87. The number of nitrogens with zero attached hydrogens (tertiary/aromatic N) is 2. The molecule has 0 bridgehead atoms. The minimum absolute atomic E-state index is 0.119. The fourth-order valence-corrected chi connectivity index (χ4v) is 2.21. The van der Waals surface area contributed by atoms with E-state index in [2.05, 4.69) is 5.32 Å². The van der Waals surface area contributed by atoms with Gasteiger partial charge in [-0.1, -0.05) is 13.8 Å². The topological polar surface area (TPSA) is 99.2 Å². The first kappa shape index (κ1) is 17.2. The normalized spacial score (nSPS) is 18.5. The number of carbonyl (C=O) groups is 3. The summed E-state index contributed by atoms with van der Waals surface area (Å²) >= 11 is 0. The number of hydrogen-bond acceptors (Lipinski definition) is 4. The van der Waals surface area contributed by atoms with Crippen LogP contribution in [0.4, 0.5) is 4.79 Å². The molecule has 0 radical (unpaired) electrons. The van der Waals surface area contributed by atoms with Gasteiger partial charge >= 0.3 is 12.0 Å². The third kappa shape index (κ3) is 4.89. The molecule has 1 atom stereocenters. The van der Waals surface area contributed by atoms with E-state index in [0.717, 1.165) is 0 Å². The first-order valence-corrected chi connectivity index (χ1v) is 6.93. The van der Waals surface area contributed by atoms with Crippen LogP contribution in [0.2, 0.25) is 0 Å². The van der Waals surface area contributed by atoms with Gasteiger partial charge in [0.25, 0.3) is 0 Å². The van der Waals surface area contributed by atoms with Gasteiger partial charge in [-0.3, -0.25) is 9.59 Å². The van der Waals surface area contributed by atoms with Crippen LogP contribution in [0.25, 0.3) is 0 Å². The number of likely N-dealkylation sites (N-methyl/N-ethyl adjacent to an activating group) is 1. The molecule has 120 valence electrons. The number of carbonyl (C=O) groups excluding carboxylic acids is 2. The molecular formula is C13H23N3O5. The molecule has 0 aliphatic carbocycles. The van der Waals surface area contributed by atoms with Crippen LogP contribution in [0.5, 0.6) is 0 Å². The third-order valence-corrected chi connectivity index (χ3v) is 3.11. The van der Waals surface area contributed by atoms with Gasteiger partial charge in [0.1, 0.15) is 12.6 Å². The predicted molar refractivity (Wildman–Crippen MR) is 74.8 cm³/mol. The summed E-state index contributed by atoms with van der Waals surface area (Å²) < 4.78 is 5.24. The maximum Gasteiger partial charge on any atom is 0.323 e. The van der Waals surface area contributed by atoms with E-state index in [4.69, 9.17) is 9.84 Å². The van der Waals surface area contributed by atoms with Crippen LogP contribution >= 0.6 is 0 Å². The predicted octanol–water partition coefficient (Wildman–Crippen LogP) is -0.404.